The average Bonchev–Trinajstić information content (AvgIpc) is 2.14. The third-order valence-electron chi connectivity index (χ3n) is 2.51. The maximum Gasteiger partial charge on any atom is 0.0305 e. The number of hydrogen-bond acceptors (Lipinski definition) is 2. The molecule has 0 bridgehead atoms. The Balaban J connectivity index is 2.75. The van der Waals surface area contributed by atoms with E-state index in [0.717, 1.165) is 13.0 Å². The van der Waals surface area contributed by atoms with E-state index in [1.54, 1.807) is 0 Å². The summed E-state index contributed by atoms with van der Waals surface area (Å²) >= 11 is 0. The van der Waals surface area contributed by atoms with Crippen LogP contribution >= 0.6 is 0 Å². The summed E-state index contributed by atoms with van der Waals surface area (Å²) in [6, 6.07) is 2.27. The third-order valence-corrected chi connectivity index (χ3v) is 2.51. The molecule has 0 atom stereocenters. The van der Waals surface area contributed by atoms with E-state index in [0.29, 0.717) is 0 Å². The van der Waals surface area contributed by atoms with Crippen molar-refractivity contribution in [1.29, 1.82) is 0 Å². The van der Waals surface area contributed by atoms with Crippen LogP contribution in [0.4, 0.5) is 0 Å². The van der Waals surface area contributed by atoms with Crippen molar-refractivity contribution in [3.8, 4) is 0 Å². The lowest BCUT2D eigenvalue weighted by atomic mass is 9.87. The molecule has 0 aliphatic heterocycles. The lowest BCUT2D eigenvalue weighted by molar-refractivity contribution is 0.413. The van der Waals surface area contributed by atoms with Crippen molar-refractivity contribution in [3.05, 3.63) is 29.6 Å². The van der Waals surface area contributed by atoms with Gasteiger partial charge in [0, 0.05) is 18.9 Å². The number of aromatic nitrogens is 1. The minimum atomic E-state index is 0.196. The van der Waals surface area contributed by atoms with Gasteiger partial charge in [-0.1, -0.05) is 26.8 Å². The standard InChI is InChI=1S/C13H22N2/c1-13(2,3)12-8-11(9-14-10-12)6-7-15(4)5/h8-10H,6-7H2,1-5H3. The van der Waals surface area contributed by atoms with Crippen LogP contribution in [0.25, 0.3) is 0 Å². The first-order valence-corrected chi connectivity index (χ1v) is 5.49. The monoisotopic (exact) mass is 206 g/mol. The molecule has 0 aromatic carbocycles. The van der Waals surface area contributed by atoms with Gasteiger partial charge in [-0.3, -0.25) is 4.98 Å². The first kappa shape index (κ1) is 12.2. The molecular formula is C13H22N2. The molecule has 0 unspecified atom stereocenters. The second-order valence-electron chi connectivity index (χ2n) is 5.39. The molecular weight excluding hydrogens is 184 g/mol. The second kappa shape index (κ2) is 4.75. The first-order valence-electron chi connectivity index (χ1n) is 5.49. The van der Waals surface area contributed by atoms with Gasteiger partial charge in [0.15, 0.2) is 0 Å². The minimum absolute atomic E-state index is 0.196. The molecule has 0 saturated carbocycles. The lowest BCUT2D eigenvalue weighted by Gasteiger charge is -2.19. The van der Waals surface area contributed by atoms with Crippen LogP contribution in [0.3, 0.4) is 0 Å². The molecule has 84 valence electrons. The quantitative estimate of drug-likeness (QED) is 0.755. The molecule has 1 rings (SSSR count). The topological polar surface area (TPSA) is 16.1 Å². The summed E-state index contributed by atoms with van der Waals surface area (Å²) in [5.74, 6) is 0. The number of hydrogen-bond donors (Lipinski definition) is 0. The van der Waals surface area contributed by atoms with Crippen molar-refractivity contribution >= 4 is 0 Å². The van der Waals surface area contributed by atoms with Crippen LogP contribution in [0.2, 0.25) is 0 Å². The van der Waals surface area contributed by atoms with Crippen LogP contribution in [0.1, 0.15) is 31.9 Å². The molecule has 0 radical (unpaired) electrons. The van der Waals surface area contributed by atoms with Crippen molar-refractivity contribution in [3.63, 3.8) is 0 Å². The molecule has 15 heavy (non-hydrogen) atoms. The summed E-state index contributed by atoms with van der Waals surface area (Å²) in [5.41, 5.74) is 2.84. The predicted molar refractivity (Wildman–Crippen MR) is 65.2 cm³/mol. The molecule has 2 nitrogen and oxygen atoms in total. The fourth-order valence-corrected chi connectivity index (χ4v) is 1.39. The first-order chi connectivity index (χ1) is 6.89. The van der Waals surface area contributed by atoms with Gasteiger partial charge in [0.05, 0.1) is 0 Å². The molecule has 0 fully saturated rings. The maximum atomic E-state index is 4.31. The number of likely N-dealkylation sites (N-methyl/N-ethyl adjacent to an activating group) is 1. The van der Waals surface area contributed by atoms with Gasteiger partial charge in [-0.15, -0.1) is 0 Å². The number of rotatable bonds is 3. The maximum absolute atomic E-state index is 4.31. The van der Waals surface area contributed by atoms with E-state index in [1.807, 2.05) is 12.4 Å². The second-order valence-corrected chi connectivity index (χ2v) is 5.39. The summed E-state index contributed by atoms with van der Waals surface area (Å²) in [4.78, 5) is 6.51. The van der Waals surface area contributed by atoms with Crippen molar-refractivity contribution in [1.82, 2.24) is 9.88 Å². The Morgan fingerprint density at radius 1 is 1.20 bits per heavy atom. The SMILES string of the molecule is CN(C)CCc1cncc(C(C)(C)C)c1. The summed E-state index contributed by atoms with van der Waals surface area (Å²) < 4.78 is 0. The fourth-order valence-electron chi connectivity index (χ4n) is 1.39. The van der Waals surface area contributed by atoms with E-state index in [2.05, 4.69) is 50.8 Å². The largest absolute Gasteiger partial charge is 0.309 e. The average molecular weight is 206 g/mol. The molecule has 1 aromatic rings. The van der Waals surface area contributed by atoms with E-state index >= 15 is 0 Å². The highest BCUT2D eigenvalue weighted by Crippen LogP contribution is 2.21. The lowest BCUT2D eigenvalue weighted by Crippen LogP contribution is -2.16. The van der Waals surface area contributed by atoms with Crippen molar-refractivity contribution in [2.45, 2.75) is 32.6 Å². The Hall–Kier alpha value is -0.890. The van der Waals surface area contributed by atoms with Gasteiger partial charge in [-0.2, -0.15) is 0 Å². The Morgan fingerprint density at radius 3 is 2.40 bits per heavy atom. The molecule has 1 aromatic heterocycles. The van der Waals surface area contributed by atoms with E-state index in [9.17, 15) is 0 Å². The van der Waals surface area contributed by atoms with Gasteiger partial charge in [0.1, 0.15) is 0 Å². The molecule has 0 aliphatic carbocycles. The number of nitrogens with zero attached hydrogens (tertiary/aromatic N) is 2. The van der Waals surface area contributed by atoms with Gasteiger partial charge in [0.25, 0.3) is 0 Å². The van der Waals surface area contributed by atoms with Gasteiger partial charge in [-0.05, 0) is 37.1 Å². The fraction of sp³-hybridized carbons (Fsp3) is 0.615. The highest BCUT2D eigenvalue weighted by molar-refractivity contribution is 5.24. The van der Waals surface area contributed by atoms with Gasteiger partial charge in [-0.25, -0.2) is 0 Å². The molecule has 0 amide bonds. The summed E-state index contributed by atoms with van der Waals surface area (Å²) in [6.07, 6.45) is 5.02. The molecule has 0 spiro atoms. The van der Waals surface area contributed by atoms with Crippen LogP contribution in [-0.2, 0) is 11.8 Å². The normalized spacial score (nSPS) is 12.1. The van der Waals surface area contributed by atoms with E-state index in [1.165, 1.54) is 11.1 Å². The van der Waals surface area contributed by atoms with E-state index < -0.39 is 0 Å². The van der Waals surface area contributed by atoms with E-state index in [-0.39, 0.29) is 5.41 Å². The summed E-state index contributed by atoms with van der Waals surface area (Å²) in [6.45, 7) is 7.74. The zero-order valence-electron chi connectivity index (χ0n) is 10.5. The van der Waals surface area contributed by atoms with Crippen molar-refractivity contribution in [2.24, 2.45) is 0 Å². The molecule has 0 N–H and O–H groups in total. The van der Waals surface area contributed by atoms with Gasteiger partial charge < -0.3 is 4.90 Å². The van der Waals surface area contributed by atoms with Crippen LogP contribution < -0.4 is 0 Å². The van der Waals surface area contributed by atoms with Crippen molar-refractivity contribution in [2.75, 3.05) is 20.6 Å². The highest BCUT2D eigenvalue weighted by atomic mass is 15.0. The van der Waals surface area contributed by atoms with Gasteiger partial charge >= 0.3 is 0 Å². The zero-order chi connectivity index (χ0) is 11.5. The predicted octanol–water partition coefficient (Wildman–Crippen LogP) is 2.48. The Kier molecular flexibility index (Phi) is 3.86. The number of pyridine rings is 1. The minimum Gasteiger partial charge on any atom is -0.309 e. The van der Waals surface area contributed by atoms with Gasteiger partial charge in [0.2, 0.25) is 0 Å². The Bertz CT molecular complexity index is 311. The third kappa shape index (κ3) is 4.00. The Labute approximate surface area is 93.3 Å². The van der Waals surface area contributed by atoms with Crippen LogP contribution in [0.15, 0.2) is 18.5 Å². The van der Waals surface area contributed by atoms with Crippen molar-refractivity contribution < 1.29 is 0 Å². The summed E-state index contributed by atoms with van der Waals surface area (Å²) in [5, 5.41) is 0. The highest BCUT2D eigenvalue weighted by Gasteiger charge is 2.14. The molecule has 2 heteroatoms. The smallest absolute Gasteiger partial charge is 0.0305 e. The van der Waals surface area contributed by atoms with Crippen LogP contribution in [0, 0.1) is 0 Å². The Morgan fingerprint density at radius 2 is 1.87 bits per heavy atom. The molecule has 1 heterocycles. The molecule has 0 aliphatic rings. The summed E-state index contributed by atoms with van der Waals surface area (Å²) in [7, 11) is 4.20. The zero-order valence-corrected chi connectivity index (χ0v) is 10.5. The molecule has 0 saturated heterocycles. The van der Waals surface area contributed by atoms with E-state index in [4.69, 9.17) is 0 Å². The van der Waals surface area contributed by atoms with Crippen LogP contribution in [-0.4, -0.2) is 30.5 Å². The van der Waals surface area contributed by atoms with Crippen LogP contribution in [0.5, 0.6) is 0 Å².